The largest absolute Gasteiger partial charge is 0.398 e. The fourth-order valence-electron chi connectivity index (χ4n) is 0.930. The highest BCUT2D eigenvalue weighted by atomic mass is 32.2. The molecule has 4 N–H and O–H groups in total. The topological polar surface area (TPSA) is 69.1 Å². The first-order valence-electron chi connectivity index (χ1n) is 4.48. The summed E-state index contributed by atoms with van der Waals surface area (Å²) in [6.07, 6.45) is 0. The molecule has 0 spiro atoms. The predicted octanol–water partition coefficient (Wildman–Crippen LogP) is 1.62. The second kappa shape index (κ2) is 5.02. The van der Waals surface area contributed by atoms with Gasteiger partial charge in [-0.05, 0) is 18.2 Å². The van der Waals surface area contributed by atoms with Crippen molar-refractivity contribution in [1.82, 2.24) is 0 Å². The SMILES string of the molecule is CC(CSc1cc(F)ccc1N)C(N)=O. The zero-order valence-corrected chi connectivity index (χ0v) is 9.18. The maximum atomic E-state index is 12.9. The van der Waals surface area contributed by atoms with Crippen molar-refractivity contribution in [3.8, 4) is 0 Å². The van der Waals surface area contributed by atoms with Gasteiger partial charge in [0.1, 0.15) is 5.82 Å². The minimum Gasteiger partial charge on any atom is -0.398 e. The third kappa shape index (κ3) is 3.43. The van der Waals surface area contributed by atoms with E-state index >= 15 is 0 Å². The van der Waals surface area contributed by atoms with Crippen molar-refractivity contribution >= 4 is 23.4 Å². The molecule has 0 radical (unpaired) electrons. The molecule has 5 heteroatoms. The van der Waals surface area contributed by atoms with Gasteiger partial charge in [0, 0.05) is 22.3 Å². The van der Waals surface area contributed by atoms with Crippen molar-refractivity contribution in [2.45, 2.75) is 11.8 Å². The van der Waals surface area contributed by atoms with Gasteiger partial charge in [0.2, 0.25) is 5.91 Å². The Morgan fingerprint density at radius 3 is 2.87 bits per heavy atom. The smallest absolute Gasteiger partial charge is 0.221 e. The summed E-state index contributed by atoms with van der Waals surface area (Å²) in [4.78, 5) is 11.4. The highest BCUT2D eigenvalue weighted by Crippen LogP contribution is 2.27. The van der Waals surface area contributed by atoms with E-state index in [0.29, 0.717) is 16.3 Å². The lowest BCUT2D eigenvalue weighted by Crippen LogP contribution is -2.22. The molecule has 0 aliphatic heterocycles. The van der Waals surface area contributed by atoms with E-state index in [2.05, 4.69) is 0 Å². The Kier molecular flexibility index (Phi) is 3.96. The van der Waals surface area contributed by atoms with Crippen LogP contribution >= 0.6 is 11.8 Å². The molecule has 0 aromatic heterocycles. The molecule has 82 valence electrons. The van der Waals surface area contributed by atoms with Gasteiger partial charge in [-0.2, -0.15) is 0 Å². The molecule has 1 rings (SSSR count). The predicted molar refractivity (Wildman–Crippen MR) is 59.9 cm³/mol. The summed E-state index contributed by atoms with van der Waals surface area (Å²) in [5, 5.41) is 0. The number of benzene rings is 1. The first kappa shape index (κ1) is 11.8. The summed E-state index contributed by atoms with van der Waals surface area (Å²) in [5.41, 5.74) is 11.3. The molecule has 3 nitrogen and oxygen atoms in total. The normalized spacial score (nSPS) is 12.4. The van der Waals surface area contributed by atoms with Crippen molar-refractivity contribution in [3.63, 3.8) is 0 Å². The summed E-state index contributed by atoms with van der Waals surface area (Å²) >= 11 is 1.33. The Balaban J connectivity index is 2.65. The van der Waals surface area contributed by atoms with E-state index in [1.165, 1.54) is 30.0 Å². The number of nitrogens with two attached hydrogens (primary N) is 2. The molecule has 0 bridgehead atoms. The monoisotopic (exact) mass is 228 g/mol. The summed E-state index contributed by atoms with van der Waals surface area (Å²) in [6.45, 7) is 1.73. The number of hydrogen-bond donors (Lipinski definition) is 2. The van der Waals surface area contributed by atoms with Crippen molar-refractivity contribution in [2.24, 2.45) is 11.7 Å². The number of carbonyl (C=O) groups excluding carboxylic acids is 1. The van der Waals surface area contributed by atoms with Crippen LogP contribution in [0.4, 0.5) is 10.1 Å². The van der Waals surface area contributed by atoms with Gasteiger partial charge < -0.3 is 11.5 Å². The number of halogens is 1. The molecule has 1 unspecified atom stereocenters. The number of anilines is 1. The van der Waals surface area contributed by atoms with E-state index in [0.717, 1.165) is 0 Å². The van der Waals surface area contributed by atoms with Crippen LogP contribution in [0.5, 0.6) is 0 Å². The summed E-state index contributed by atoms with van der Waals surface area (Å²) < 4.78 is 12.9. The molecule has 0 saturated heterocycles. The van der Waals surface area contributed by atoms with E-state index in [4.69, 9.17) is 11.5 Å². The maximum absolute atomic E-state index is 12.9. The molecule has 0 saturated carbocycles. The fourth-order valence-corrected chi connectivity index (χ4v) is 1.95. The molecule has 1 aromatic rings. The van der Waals surface area contributed by atoms with Gasteiger partial charge >= 0.3 is 0 Å². The van der Waals surface area contributed by atoms with Gasteiger partial charge in [0.15, 0.2) is 0 Å². The van der Waals surface area contributed by atoms with E-state index in [1.54, 1.807) is 6.92 Å². The van der Waals surface area contributed by atoms with Gasteiger partial charge in [-0.25, -0.2) is 4.39 Å². The molecule has 0 fully saturated rings. The van der Waals surface area contributed by atoms with Crippen LogP contribution in [0.3, 0.4) is 0 Å². The minimum atomic E-state index is -0.363. The molecule has 0 heterocycles. The Bertz CT molecular complexity index is 370. The van der Waals surface area contributed by atoms with Crippen LogP contribution in [0.2, 0.25) is 0 Å². The van der Waals surface area contributed by atoms with E-state index < -0.39 is 0 Å². The van der Waals surface area contributed by atoms with E-state index in [-0.39, 0.29) is 17.6 Å². The lowest BCUT2D eigenvalue weighted by atomic mass is 10.2. The van der Waals surface area contributed by atoms with Gasteiger partial charge in [0.05, 0.1) is 0 Å². The lowest BCUT2D eigenvalue weighted by molar-refractivity contribution is -0.120. The number of amides is 1. The highest BCUT2D eigenvalue weighted by Gasteiger charge is 2.10. The Morgan fingerprint density at radius 1 is 1.60 bits per heavy atom. The lowest BCUT2D eigenvalue weighted by Gasteiger charge is -2.08. The van der Waals surface area contributed by atoms with Gasteiger partial charge in [-0.15, -0.1) is 11.8 Å². The number of nitrogen functional groups attached to an aromatic ring is 1. The molecular weight excluding hydrogens is 215 g/mol. The number of thioether (sulfide) groups is 1. The fraction of sp³-hybridized carbons (Fsp3) is 0.300. The van der Waals surface area contributed by atoms with Crippen LogP contribution in [0.25, 0.3) is 0 Å². The minimum absolute atomic E-state index is 0.252. The van der Waals surface area contributed by atoms with Crippen LogP contribution in [0, 0.1) is 11.7 Å². The molecule has 0 aliphatic rings. The zero-order valence-electron chi connectivity index (χ0n) is 8.37. The van der Waals surface area contributed by atoms with Gasteiger partial charge in [-0.1, -0.05) is 6.92 Å². The average Bonchev–Trinajstić information content (AvgIpc) is 2.18. The van der Waals surface area contributed by atoms with Gasteiger partial charge in [0.25, 0.3) is 0 Å². The zero-order chi connectivity index (χ0) is 11.4. The van der Waals surface area contributed by atoms with Crippen LogP contribution in [0.1, 0.15) is 6.92 Å². The quantitative estimate of drug-likeness (QED) is 0.607. The highest BCUT2D eigenvalue weighted by molar-refractivity contribution is 7.99. The van der Waals surface area contributed by atoms with E-state index in [9.17, 15) is 9.18 Å². The van der Waals surface area contributed by atoms with Crippen LogP contribution < -0.4 is 11.5 Å². The van der Waals surface area contributed by atoms with Gasteiger partial charge in [-0.3, -0.25) is 4.79 Å². The summed E-state index contributed by atoms with van der Waals surface area (Å²) in [5.74, 6) is -0.447. The second-order valence-corrected chi connectivity index (χ2v) is 4.36. The number of carbonyl (C=O) groups is 1. The molecular formula is C10H13FN2OS. The first-order valence-corrected chi connectivity index (χ1v) is 5.46. The standard InChI is InChI=1S/C10H13FN2OS/c1-6(10(13)14)5-15-9-4-7(11)2-3-8(9)12/h2-4,6H,5,12H2,1H3,(H2,13,14). The number of primary amides is 1. The molecule has 1 aromatic carbocycles. The summed E-state index contributed by atoms with van der Waals surface area (Å²) in [6, 6.07) is 4.16. The second-order valence-electron chi connectivity index (χ2n) is 3.30. The van der Waals surface area contributed by atoms with Crippen LogP contribution in [0.15, 0.2) is 23.1 Å². The molecule has 0 aliphatic carbocycles. The van der Waals surface area contributed by atoms with Crippen molar-refractivity contribution in [2.75, 3.05) is 11.5 Å². The Hall–Kier alpha value is -1.23. The van der Waals surface area contributed by atoms with Crippen LogP contribution in [-0.4, -0.2) is 11.7 Å². The average molecular weight is 228 g/mol. The summed E-state index contributed by atoms with van der Waals surface area (Å²) in [7, 11) is 0. The van der Waals surface area contributed by atoms with E-state index in [1.807, 2.05) is 0 Å². The Morgan fingerprint density at radius 2 is 2.27 bits per heavy atom. The molecule has 1 amide bonds. The third-order valence-electron chi connectivity index (χ3n) is 1.95. The Labute approximate surface area is 92.0 Å². The number of rotatable bonds is 4. The maximum Gasteiger partial charge on any atom is 0.221 e. The molecule has 15 heavy (non-hydrogen) atoms. The van der Waals surface area contributed by atoms with Crippen LogP contribution in [-0.2, 0) is 4.79 Å². The van der Waals surface area contributed by atoms with Crippen molar-refractivity contribution < 1.29 is 9.18 Å². The van der Waals surface area contributed by atoms with Crippen molar-refractivity contribution in [3.05, 3.63) is 24.0 Å². The number of hydrogen-bond acceptors (Lipinski definition) is 3. The first-order chi connectivity index (χ1) is 7.00. The van der Waals surface area contributed by atoms with Crippen molar-refractivity contribution in [1.29, 1.82) is 0 Å². The molecule has 1 atom stereocenters. The third-order valence-corrected chi connectivity index (χ3v) is 3.28.